The summed E-state index contributed by atoms with van der Waals surface area (Å²) in [5.41, 5.74) is 3.87. The van der Waals surface area contributed by atoms with Gasteiger partial charge in [0.05, 0.1) is 33.5 Å². The van der Waals surface area contributed by atoms with Crippen molar-refractivity contribution < 1.29 is 19.0 Å². The van der Waals surface area contributed by atoms with E-state index < -0.39 is 0 Å². The minimum Gasteiger partial charge on any atom is -0.497 e. The molecular weight excluding hydrogens is 320 g/mol. The maximum atomic E-state index is 12.3. The first-order valence-corrected chi connectivity index (χ1v) is 8.09. The van der Waals surface area contributed by atoms with E-state index in [1.807, 2.05) is 43.3 Å². The molecule has 0 radical (unpaired) electrons. The molecule has 1 unspecified atom stereocenters. The minimum atomic E-state index is -0.281. The summed E-state index contributed by atoms with van der Waals surface area (Å²) in [7, 11) is 3.21. The molecule has 0 aliphatic carbocycles. The lowest BCUT2D eigenvalue weighted by Gasteiger charge is -2.18. The number of urea groups is 1. The molecule has 1 aliphatic rings. The number of fused-ring (bicyclic) bond motifs is 1. The van der Waals surface area contributed by atoms with Crippen molar-refractivity contribution in [2.24, 2.45) is 0 Å². The molecule has 132 valence electrons. The molecule has 3 rings (SSSR count). The van der Waals surface area contributed by atoms with Gasteiger partial charge in [0.2, 0.25) is 0 Å². The molecule has 0 saturated carbocycles. The van der Waals surface area contributed by atoms with Crippen LogP contribution in [0, 0.1) is 0 Å². The summed E-state index contributed by atoms with van der Waals surface area (Å²) in [6, 6.07) is 10.8. The third-order valence-electron chi connectivity index (χ3n) is 4.23. The van der Waals surface area contributed by atoms with E-state index in [9.17, 15) is 4.79 Å². The van der Waals surface area contributed by atoms with Crippen LogP contribution in [0.1, 0.15) is 29.7 Å². The van der Waals surface area contributed by atoms with Gasteiger partial charge >= 0.3 is 6.03 Å². The molecule has 2 aromatic rings. The van der Waals surface area contributed by atoms with Gasteiger partial charge in [-0.2, -0.15) is 0 Å². The highest BCUT2D eigenvalue weighted by molar-refractivity contribution is 5.89. The van der Waals surface area contributed by atoms with Crippen LogP contribution in [-0.2, 0) is 18.0 Å². The molecule has 25 heavy (non-hydrogen) atoms. The number of amides is 2. The van der Waals surface area contributed by atoms with Crippen molar-refractivity contribution in [1.29, 1.82) is 0 Å². The Morgan fingerprint density at radius 1 is 1.08 bits per heavy atom. The quantitative estimate of drug-likeness (QED) is 0.871. The molecule has 0 saturated heterocycles. The number of rotatable bonds is 5. The molecule has 6 heteroatoms. The monoisotopic (exact) mass is 342 g/mol. The van der Waals surface area contributed by atoms with Crippen LogP contribution in [0.2, 0.25) is 0 Å². The zero-order valence-corrected chi connectivity index (χ0v) is 14.6. The van der Waals surface area contributed by atoms with E-state index >= 15 is 0 Å². The van der Waals surface area contributed by atoms with Crippen LogP contribution in [0.25, 0.3) is 0 Å². The summed E-state index contributed by atoms with van der Waals surface area (Å²) in [6.45, 7) is 3.12. The summed E-state index contributed by atoms with van der Waals surface area (Å²) in [6.07, 6.45) is 0. The maximum Gasteiger partial charge on any atom is 0.319 e. The normalized spacial score (nSPS) is 13.7. The summed E-state index contributed by atoms with van der Waals surface area (Å²) in [5.74, 6) is 1.41. The van der Waals surface area contributed by atoms with Crippen molar-refractivity contribution in [2.75, 3.05) is 19.5 Å². The van der Waals surface area contributed by atoms with Crippen molar-refractivity contribution >= 4 is 11.7 Å². The molecule has 0 spiro atoms. The Morgan fingerprint density at radius 2 is 1.88 bits per heavy atom. The van der Waals surface area contributed by atoms with E-state index in [2.05, 4.69) is 10.6 Å². The molecule has 6 nitrogen and oxygen atoms in total. The van der Waals surface area contributed by atoms with Crippen LogP contribution in [0.3, 0.4) is 0 Å². The predicted octanol–water partition coefficient (Wildman–Crippen LogP) is 3.62. The molecule has 0 fully saturated rings. The van der Waals surface area contributed by atoms with Gasteiger partial charge < -0.3 is 24.8 Å². The molecule has 2 N–H and O–H groups in total. The fourth-order valence-corrected chi connectivity index (χ4v) is 2.87. The highest BCUT2D eigenvalue weighted by Crippen LogP contribution is 2.29. The number of methoxy groups -OCH3 is 2. The lowest BCUT2D eigenvalue weighted by molar-refractivity contribution is 0.134. The van der Waals surface area contributed by atoms with E-state index in [4.69, 9.17) is 14.2 Å². The van der Waals surface area contributed by atoms with Crippen LogP contribution >= 0.6 is 0 Å². The molecule has 1 atom stereocenters. The highest BCUT2D eigenvalue weighted by Gasteiger charge is 2.16. The maximum absolute atomic E-state index is 12.3. The number of nitrogens with one attached hydrogen (secondary N) is 2. The molecule has 0 aromatic heterocycles. The summed E-state index contributed by atoms with van der Waals surface area (Å²) in [5, 5.41) is 5.78. The van der Waals surface area contributed by atoms with E-state index in [0.29, 0.717) is 24.7 Å². The topological polar surface area (TPSA) is 68.8 Å². The number of ether oxygens (including phenoxy) is 3. The number of benzene rings is 2. The Balaban J connectivity index is 1.68. The molecular formula is C19H22N2O4. The van der Waals surface area contributed by atoms with Crippen LogP contribution in [0.4, 0.5) is 10.5 Å². The standard InChI is InChI=1S/C19H22N2O4/c1-12(17-9-16(23-2)6-7-18(17)24-3)20-19(22)21-15-5-4-13-10-25-11-14(13)8-15/h4-9,12H,10-11H2,1-3H3,(H2,20,21,22). The van der Waals surface area contributed by atoms with E-state index in [0.717, 1.165) is 16.8 Å². The molecule has 2 amide bonds. The molecule has 2 aromatic carbocycles. The van der Waals surface area contributed by atoms with Crippen LogP contribution in [0.15, 0.2) is 36.4 Å². The van der Waals surface area contributed by atoms with E-state index in [1.54, 1.807) is 14.2 Å². The van der Waals surface area contributed by atoms with Crippen LogP contribution < -0.4 is 20.1 Å². The fourth-order valence-electron chi connectivity index (χ4n) is 2.87. The molecule has 1 heterocycles. The van der Waals surface area contributed by atoms with E-state index in [1.165, 1.54) is 5.56 Å². The summed E-state index contributed by atoms with van der Waals surface area (Å²) < 4.78 is 16.0. The van der Waals surface area contributed by atoms with Gasteiger partial charge in [0, 0.05) is 11.3 Å². The van der Waals surface area contributed by atoms with Crippen LogP contribution in [-0.4, -0.2) is 20.3 Å². The van der Waals surface area contributed by atoms with Gasteiger partial charge in [0.15, 0.2) is 0 Å². The Kier molecular flexibility index (Phi) is 5.09. The average molecular weight is 342 g/mol. The Bertz CT molecular complexity index is 776. The largest absolute Gasteiger partial charge is 0.497 e. The first-order chi connectivity index (χ1) is 12.1. The Labute approximate surface area is 147 Å². The second kappa shape index (κ2) is 7.44. The number of carbonyl (C=O) groups is 1. The number of hydrogen-bond donors (Lipinski definition) is 2. The Morgan fingerprint density at radius 3 is 2.64 bits per heavy atom. The van der Waals surface area contributed by atoms with Crippen LogP contribution in [0.5, 0.6) is 11.5 Å². The number of hydrogen-bond acceptors (Lipinski definition) is 4. The third-order valence-corrected chi connectivity index (χ3v) is 4.23. The molecule has 0 bridgehead atoms. The highest BCUT2D eigenvalue weighted by atomic mass is 16.5. The van der Waals surface area contributed by atoms with Crippen molar-refractivity contribution in [2.45, 2.75) is 26.2 Å². The zero-order valence-electron chi connectivity index (χ0n) is 14.6. The predicted molar refractivity (Wildman–Crippen MR) is 95.1 cm³/mol. The first kappa shape index (κ1) is 17.1. The summed E-state index contributed by atoms with van der Waals surface area (Å²) >= 11 is 0. The second-order valence-corrected chi connectivity index (χ2v) is 5.90. The first-order valence-electron chi connectivity index (χ1n) is 8.09. The number of anilines is 1. The third kappa shape index (κ3) is 3.85. The van der Waals surface area contributed by atoms with Gasteiger partial charge in [-0.3, -0.25) is 0 Å². The van der Waals surface area contributed by atoms with Gasteiger partial charge in [-0.1, -0.05) is 6.07 Å². The van der Waals surface area contributed by atoms with Gasteiger partial charge in [-0.25, -0.2) is 4.79 Å². The lowest BCUT2D eigenvalue weighted by Crippen LogP contribution is -2.31. The number of carbonyl (C=O) groups excluding carboxylic acids is 1. The second-order valence-electron chi connectivity index (χ2n) is 5.90. The fraction of sp³-hybridized carbons (Fsp3) is 0.316. The van der Waals surface area contributed by atoms with Gasteiger partial charge in [0.25, 0.3) is 0 Å². The van der Waals surface area contributed by atoms with Gasteiger partial charge in [-0.05, 0) is 48.4 Å². The zero-order chi connectivity index (χ0) is 17.8. The smallest absolute Gasteiger partial charge is 0.319 e. The summed E-state index contributed by atoms with van der Waals surface area (Å²) in [4.78, 5) is 12.3. The van der Waals surface area contributed by atoms with Gasteiger partial charge in [0.1, 0.15) is 11.5 Å². The van der Waals surface area contributed by atoms with Crippen molar-refractivity contribution in [3.05, 3.63) is 53.1 Å². The Hall–Kier alpha value is -2.73. The molecule has 1 aliphatic heterocycles. The lowest BCUT2D eigenvalue weighted by atomic mass is 10.1. The van der Waals surface area contributed by atoms with Gasteiger partial charge in [-0.15, -0.1) is 0 Å². The minimum absolute atomic E-state index is 0.247. The SMILES string of the molecule is COc1ccc(OC)c(C(C)NC(=O)Nc2ccc3c(c2)COC3)c1. The van der Waals surface area contributed by atoms with E-state index in [-0.39, 0.29) is 12.1 Å². The van der Waals surface area contributed by atoms with Crippen molar-refractivity contribution in [1.82, 2.24) is 5.32 Å². The van der Waals surface area contributed by atoms with Crippen molar-refractivity contribution in [3.8, 4) is 11.5 Å². The average Bonchev–Trinajstić information content (AvgIpc) is 3.08. The van der Waals surface area contributed by atoms with Crippen molar-refractivity contribution in [3.63, 3.8) is 0 Å².